The molecule has 0 fully saturated rings. The molecule has 26 heavy (non-hydrogen) atoms. The second kappa shape index (κ2) is 6.72. The van der Waals surface area contributed by atoms with E-state index in [0.29, 0.717) is 24.2 Å². The molecule has 0 aromatic heterocycles. The zero-order valence-electron chi connectivity index (χ0n) is 14.2. The lowest BCUT2D eigenvalue weighted by molar-refractivity contribution is 0.0595. The maximum Gasteiger partial charge on any atom is 0.339 e. The Bertz CT molecular complexity index is 1030. The van der Waals surface area contributed by atoms with Gasteiger partial charge in [-0.15, -0.1) is 0 Å². The summed E-state index contributed by atoms with van der Waals surface area (Å²) in [6.45, 7) is 1.01. The van der Waals surface area contributed by atoms with Crippen LogP contribution in [0.2, 0.25) is 0 Å². The van der Waals surface area contributed by atoms with Gasteiger partial charge in [-0.2, -0.15) is 0 Å². The number of ether oxygens (including phenoxy) is 1. The fraction of sp³-hybridized carbons (Fsp3) is 0.143. The van der Waals surface area contributed by atoms with Crippen molar-refractivity contribution in [3.8, 4) is 0 Å². The van der Waals surface area contributed by atoms with Crippen LogP contribution in [0, 0.1) is 3.57 Å². The zero-order valence-corrected chi connectivity index (χ0v) is 16.3. The third kappa shape index (κ3) is 2.86. The minimum Gasteiger partial charge on any atom is -0.465 e. The van der Waals surface area contributed by atoms with Gasteiger partial charge in [-0.1, -0.05) is 36.4 Å². The average Bonchev–Trinajstić information content (AvgIpc) is 2.95. The first kappa shape index (κ1) is 17.0. The fourth-order valence-corrected chi connectivity index (χ4v) is 3.97. The number of halogens is 1. The molecule has 3 aromatic carbocycles. The Labute approximate surface area is 164 Å². The number of rotatable bonds is 3. The predicted molar refractivity (Wildman–Crippen MR) is 108 cm³/mol. The third-order valence-electron chi connectivity index (χ3n) is 4.65. The Balaban J connectivity index is 1.84. The Morgan fingerprint density at radius 1 is 1.15 bits per heavy atom. The topological polar surface area (TPSA) is 46.6 Å². The molecular weight excluding hydrogens is 441 g/mol. The molecule has 3 aromatic rings. The smallest absolute Gasteiger partial charge is 0.339 e. The van der Waals surface area contributed by atoms with Crippen molar-refractivity contribution in [2.75, 3.05) is 7.11 Å². The summed E-state index contributed by atoms with van der Waals surface area (Å²) in [6.07, 6.45) is 0. The summed E-state index contributed by atoms with van der Waals surface area (Å²) in [5, 5.41) is 1.70. The van der Waals surface area contributed by atoms with Crippen molar-refractivity contribution >= 4 is 45.2 Å². The van der Waals surface area contributed by atoms with Gasteiger partial charge in [0, 0.05) is 16.7 Å². The van der Waals surface area contributed by atoms with E-state index in [2.05, 4.69) is 22.6 Å². The van der Waals surface area contributed by atoms with Crippen molar-refractivity contribution in [1.82, 2.24) is 4.90 Å². The molecule has 4 nitrogen and oxygen atoms in total. The molecule has 1 aliphatic heterocycles. The van der Waals surface area contributed by atoms with Gasteiger partial charge in [-0.25, -0.2) is 4.79 Å². The van der Waals surface area contributed by atoms with Crippen LogP contribution in [0.4, 0.5) is 0 Å². The average molecular weight is 457 g/mol. The summed E-state index contributed by atoms with van der Waals surface area (Å²) in [5.74, 6) is -0.589. The number of benzene rings is 3. The number of hydrogen-bond acceptors (Lipinski definition) is 3. The van der Waals surface area contributed by atoms with E-state index in [0.717, 1.165) is 25.5 Å². The molecule has 0 saturated heterocycles. The number of esters is 1. The monoisotopic (exact) mass is 457 g/mol. The summed E-state index contributed by atoms with van der Waals surface area (Å²) in [5.41, 5.74) is 2.79. The molecule has 1 aliphatic rings. The van der Waals surface area contributed by atoms with Gasteiger partial charge in [-0.3, -0.25) is 4.79 Å². The van der Waals surface area contributed by atoms with Gasteiger partial charge in [-0.05, 0) is 62.7 Å². The quantitative estimate of drug-likeness (QED) is 0.433. The summed E-state index contributed by atoms with van der Waals surface area (Å²) in [7, 11) is 1.35. The summed E-state index contributed by atoms with van der Waals surface area (Å²) < 4.78 is 6.01. The highest BCUT2D eigenvalue weighted by Crippen LogP contribution is 2.34. The molecule has 0 bridgehead atoms. The normalized spacial score (nSPS) is 13.2. The third-order valence-corrected chi connectivity index (χ3v) is 5.32. The van der Waals surface area contributed by atoms with E-state index in [1.165, 1.54) is 7.11 Å². The van der Waals surface area contributed by atoms with Crippen molar-refractivity contribution in [2.24, 2.45) is 0 Å². The highest BCUT2D eigenvalue weighted by Gasteiger charge is 2.34. The van der Waals surface area contributed by atoms with Gasteiger partial charge in [0.1, 0.15) is 0 Å². The largest absolute Gasteiger partial charge is 0.465 e. The van der Waals surface area contributed by atoms with Crippen LogP contribution in [0.1, 0.15) is 31.8 Å². The highest BCUT2D eigenvalue weighted by atomic mass is 127. The first-order valence-electron chi connectivity index (χ1n) is 8.25. The van der Waals surface area contributed by atoms with Crippen molar-refractivity contribution in [1.29, 1.82) is 0 Å². The number of fused-ring (bicyclic) bond motifs is 2. The predicted octanol–water partition coefficient (Wildman–Crippen LogP) is 4.39. The standard InChI is InChI=1S/C21H16INO3/c1-26-21(25)19-17-10-16(22)8-7-14(17)9-15-12-23(20(24)18(15)19)11-13-5-3-2-4-6-13/h2-10H,11-12H2,1H3. The van der Waals surface area contributed by atoms with Crippen molar-refractivity contribution in [3.63, 3.8) is 0 Å². The number of amides is 1. The molecule has 1 amide bonds. The molecule has 1 heterocycles. The van der Waals surface area contributed by atoms with Crippen LogP contribution in [-0.2, 0) is 17.8 Å². The van der Waals surface area contributed by atoms with E-state index in [9.17, 15) is 9.59 Å². The highest BCUT2D eigenvalue weighted by molar-refractivity contribution is 14.1. The van der Waals surface area contributed by atoms with E-state index in [4.69, 9.17) is 4.74 Å². The van der Waals surface area contributed by atoms with Crippen molar-refractivity contribution in [3.05, 3.63) is 80.4 Å². The molecule has 5 heteroatoms. The van der Waals surface area contributed by atoms with Gasteiger partial charge in [0.05, 0.1) is 18.2 Å². The Hall–Kier alpha value is -2.41. The van der Waals surface area contributed by atoms with Crippen molar-refractivity contribution < 1.29 is 14.3 Å². The minimum absolute atomic E-state index is 0.120. The van der Waals surface area contributed by atoms with Crippen molar-refractivity contribution in [2.45, 2.75) is 13.1 Å². The molecule has 0 radical (unpaired) electrons. The molecule has 0 saturated carbocycles. The minimum atomic E-state index is -0.469. The lowest BCUT2D eigenvalue weighted by Crippen LogP contribution is -2.24. The van der Waals surface area contributed by atoms with E-state index < -0.39 is 5.97 Å². The van der Waals surface area contributed by atoms with E-state index >= 15 is 0 Å². The van der Waals surface area contributed by atoms with Gasteiger partial charge >= 0.3 is 5.97 Å². The molecular formula is C21H16INO3. The van der Waals surface area contributed by atoms with Crippen LogP contribution in [0.5, 0.6) is 0 Å². The van der Waals surface area contributed by atoms with Crippen LogP contribution in [0.25, 0.3) is 10.8 Å². The number of carbonyl (C=O) groups excluding carboxylic acids is 2. The van der Waals surface area contributed by atoms with Crippen LogP contribution >= 0.6 is 22.6 Å². The fourth-order valence-electron chi connectivity index (χ4n) is 3.48. The number of carbonyl (C=O) groups is 2. The maximum absolute atomic E-state index is 13.1. The molecule has 0 N–H and O–H groups in total. The molecule has 130 valence electrons. The summed E-state index contributed by atoms with van der Waals surface area (Å²) >= 11 is 2.21. The zero-order chi connectivity index (χ0) is 18.3. The first-order valence-corrected chi connectivity index (χ1v) is 9.33. The summed E-state index contributed by atoms with van der Waals surface area (Å²) in [4.78, 5) is 27.4. The second-order valence-electron chi connectivity index (χ2n) is 6.29. The van der Waals surface area contributed by atoms with E-state index in [1.54, 1.807) is 4.90 Å². The SMILES string of the molecule is COC(=O)c1c2c(cc3ccc(I)cc13)CN(Cc1ccccc1)C2=O. The second-order valence-corrected chi connectivity index (χ2v) is 7.54. The Morgan fingerprint density at radius 3 is 2.65 bits per heavy atom. The molecule has 0 unspecified atom stereocenters. The van der Waals surface area contributed by atoms with Crippen LogP contribution in [-0.4, -0.2) is 23.9 Å². The summed E-state index contributed by atoms with van der Waals surface area (Å²) in [6, 6.07) is 17.8. The lowest BCUT2D eigenvalue weighted by atomic mass is 9.95. The molecule has 0 spiro atoms. The van der Waals surface area contributed by atoms with Crippen LogP contribution < -0.4 is 0 Å². The Morgan fingerprint density at radius 2 is 1.92 bits per heavy atom. The van der Waals surface area contributed by atoms with Crippen LogP contribution in [0.3, 0.4) is 0 Å². The molecule has 0 atom stereocenters. The molecule has 4 rings (SSSR count). The number of methoxy groups -OCH3 is 1. The maximum atomic E-state index is 13.1. The van der Waals surface area contributed by atoms with Crippen LogP contribution in [0.15, 0.2) is 54.6 Å². The first-order chi connectivity index (χ1) is 12.6. The Kier molecular flexibility index (Phi) is 4.40. The number of hydrogen-bond donors (Lipinski definition) is 0. The number of nitrogens with zero attached hydrogens (tertiary/aromatic N) is 1. The van der Waals surface area contributed by atoms with Gasteiger partial charge in [0.15, 0.2) is 0 Å². The van der Waals surface area contributed by atoms with E-state index in [-0.39, 0.29) is 5.91 Å². The molecule has 0 aliphatic carbocycles. The lowest BCUT2D eigenvalue weighted by Gasteiger charge is -2.15. The van der Waals surface area contributed by atoms with Gasteiger partial charge < -0.3 is 9.64 Å². The van der Waals surface area contributed by atoms with E-state index in [1.807, 2.05) is 54.6 Å². The van der Waals surface area contributed by atoms with Gasteiger partial charge in [0.25, 0.3) is 5.91 Å². The van der Waals surface area contributed by atoms with Gasteiger partial charge in [0.2, 0.25) is 0 Å².